The third-order valence-corrected chi connectivity index (χ3v) is 11.6. The van der Waals surface area contributed by atoms with Crippen molar-refractivity contribution in [1.29, 1.82) is 0 Å². The highest BCUT2D eigenvalue weighted by atomic mass is 79.9. The lowest BCUT2D eigenvalue weighted by Gasteiger charge is -2.33. The Labute approximate surface area is 400 Å². The number of likely N-dealkylation sites (tertiary alicyclic amines) is 1. The fraction of sp³-hybridized carbons (Fsp3) is 0.756. The first-order valence-corrected chi connectivity index (χ1v) is 23.0. The Morgan fingerprint density at radius 2 is 0.857 bits per heavy atom. The van der Waals surface area contributed by atoms with Gasteiger partial charge in [0.05, 0.1) is 41.5 Å². The van der Waals surface area contributed by atoms with Crippen molar-refractivity contribution in [3.63, 3.8) is 0 Å². The van der Waals surface area contributed by atoms with Crippen LogP contribution in [0.1, 0.15) is 76.2 Å². The van der Waals surface area contributed by atoms with E-state index in [4.69, 9.17) is 37.9 Å². The fourth-order valence-corrected chi connectivity index (χ4v) is 6.39. The Bertz CT molecular complexity index is 1750. The van der Waals surface area contributed by atoms with E-state index in [9.17, 15) is 43.5 Å². The summed E-state index contributed by atoms with van der Waals surface area (Å²) in [4.78, 5) is 107. The zero-order valence-electron chi connectivity index (χ0n) is 37.1. The number of fused-ring (bicyclic) bond motifs is 5. The molecular weight excluding hydrogens is 1100 g/mol. The molecule has 3 aliphatic rings. The molecule has 0 spiro atoms. The van der Waals surface area contributed by atoms with Gasteiger partial charge in [-0.1, -0.05) is 75.9 Å². The van der Waals surface area contributed by atoms with Gasteiger partial charge in [-0.2, -0.15) is 0 Å². The largest absolute Gasteiger partial charge is 0.464 e. The van der Waals surface area contributed by atoms with E-state index in [1.807, 2.05) is 0 Å². The lowest BCUT2D eigenvalue weighted by atomic mass is 9.85. The Morgan fingerprint density at radius 1 is 0.556 bits per heavy atom. The van der Waals surface area contributed by atoms with Crippen LogP contribution < -0.4 is 0 Å². The Morgan fingerprint density at radius 3 is 1.17 bits per heavy atom. The average Bonchev–Trinajstić information content (AvgIpc) is 3.86. The number of hydrogen-bond donors (Lipinski definition) is 1. The first-order chi connectivity index (χ1) is 28.6. The minimum Gasteiger partial charge on any atom is -0.464 e. The number of aliphatic hydroxyl groups excluding tert-OH is 1. The van der Waals surface area contributed by atoms with Crippen molar-refractivity contribution in [2.75, 3.05) is 52.8 Å². The summed E-state index contributed by atoms with van der Waals surface area (Å²) >= 11 is 12.9. The monoisotopic (exact) mass is 1150 g/mol. The van der Waals surface area contributed by atoms with E-state index < -0.39 is 158 Å². The Balaban J connectivity index is 1.89. The van der Waals surface area contributed by atoms with E-state index in [-0.39, 0.29) is 6.54 Å². The lowest BCUT2D eigenvalue weighted by Crippen LogP contribution is -2.48. The van der Waals surface area contributed by atoms with E-state index in [2.05, 4.69) is 63.7 Å². The number of alkyl halides is 4. The van der Waals surface area contributed by atoms with Gasteiger partial charge in [0.15, 0.2) is 6.29 Å². The van der Waals surface area contributed by atoms with Gasteiger partial charge in [0.2, 0.25) is 11.8 Å². The number of esters is 6. The highest BCUT2D eigenvalue weighted by molar-refractivity contribution is 9.10. The van der Waals surface area contributed by atoms with Crippen LogP contribution in [0.3, 0.4) is 0 Å². The molecule has 2 amide bonds. The number of rotatable bonds is 23. The van der Waals surface area contributed by atoms with Crippen LogP contribution in [0.5, 0.6) is 0 Å². The van der Waals surface area contributed by atoms with Crippen LogP contribution >= 0.6 is 63.7 Å². The molecule has 7 atom stereocenters. The molecule has 0 aliphatic carbocycles. The maximum atomic E-state index is 14.0. The molecule has 3 rings (SSSR count). The zero-order valence-corrected chi connectivity index (χ0v) is 43.5. The first kappa shape index (κ1) is 54.8. The number of amides is 2. The molecule has 18 nitrogen and oxygen atoms in total. The smallest absolute Gasteiger partial charge is 0.322 e. The minimum absolute atomic E-state index is 0.314. The van der Waals surface area contributed by atoms with Gasteiger partial charge >= 0.3 is 35.8 Å². The minimum atomic E-state index is -2.02. The van der Waals surface area contributed by atoms with Crippen LogP contribution in [0.4, 0.5) is 0 Å². The van der Waals surface area contributed by atoms with Crippen molar-refractivity contribution < 1.29 is 81.4 Å². The van der Waals surface area contributed by atoms with Gasteiger partial charge < -0.3 is 43.0 Å². The zero-order chi connectivity index (χ0) is 48.3. The van der Waals surface area contributed by atoms with Crippen LogP contribution in [0, 0.1) is 28.1 Å². The average molecular weight is 1160 g/mol. The van der Waals surface area contributed by atoms with Gasteiger partial charge in [-0.05, 0) is 76.2 Å². The number of nitrogens with zero attached hydrogens (tertiary/aromatic N) is 1. The van der Waals surface area contributed by atoms with Crippen LogP contribution in [0.15, 0.2) is 12.2 Å². The molecular formula is C41H57Br4NO17. The molecule has 0 radical (unpaired) electrons. The summed E-state index contributed by atoms with van der Waals surface area (Å²) in [5, 5.41) is 10.6. The maximum Gasteiger partial charge on any atom is 0.322 e. The summed E-state index contributed by atoms with van der Waals surface area (Å²) in [7, 11) is 0. The van der Waals surface area contributed by atoms with Crippen LogP contribution in [-0.4, -0.2) is 146 Å². The summed E-state index contributed by atoms with van der Waals surface area (Å²) in [6, 6.07) is 0. The molecule has 0 aromatic rings. The van der Waals surface area contributed by atoms with Gasteiger partial charge in [-0.3, -0.25) is 43.3 Å². The van der Waals surface area contributed by atoms with Crippen molar-refractivity contribution in [3.05, 3.63) is 12.2 Å². The standard InChI is InChI=1S/C41H57Br4NO17/c1-35(2,42)28(49)57-16-40(10,17-58-29(50)36(3,4)43)33(54)61-20-39(9,32(53)56-15-14-46-26(47)24-22-12-13-23(63-22)25(24)27(46)48)21-62-34(55)41(11,18-59-30(51)37(5,6)44)19-60-31(52)38(7,8)45/h12-13,22-25,28,49H,14-21H2,1-11H3/t22?,23?,24-,25+,28?,39?,40?. The number of carbonyl (C=O) groups is 8. The van der Waals surface area contributed by atoms with E-state index in [0.29, 0.717) is 0 Å². The third-order valence-electron chi connectivity index (χ3n) is 10.2. The van der Waals surface area contributed by atoms with Gasteiger partial charge in [0.25, 0.3) is 0 Å². The molecule has 3 aliphatic heterocycles. The highest BCUT2D eigenvalue weighted by Gasteiger charge is 2.60. The predicted molar refractivity (Wildman–Crippen MR) is 236 cm³/mol. The molecule has 63 heavy (non-hydrogen) atoms. The fourth-order valence-electron chi connectivity index (χ4n) is 5.92. The molecule has 22 heteroatoms. The van der Waals surface area contributed by atoms with E-state index in [1.165, 1.54) is 62.3 Å². The summed E-state index contributed by atoms with van der Waals surface area (Å²) in [5.74, 6) is -7.83. The molecule has 0 aromatic carbocycles. The van der Waals surface area contributed by atoms with Crippen molar-refractivity contribution in [3.8, 4) is 0 Å². The number of aliphatic hydroxyl groups is 1. The van der Waals surface area contributed by atoms with Crippen molar-refractivity contribution in [1.82, 2.24) is 4.90 Å². The number of hydrogen-bond acceptors (Lipinski definition) is 17. The SMILES string of the molecule is CC(C)(Br)C(=O)OCC(C)(COC(=O)C(C)(C)Br)C(=O)OCC(C)(COC(=O)C(C)(COC(=O)C(C)(C)Br)COC(O)C(C)(C)Br)C(=O)OCCN1C(=O)[C@@H]2C3C=CC(O3)[C@@H]2C1=O. The first-order valence-electron chi connectivity index (χ1n) is 19.9. The highest BCUT2D eigenvalue weighted by Crippen LogP contribution is 2.45. The second-order valence-electron chi connectivity index (χ2n) is 18.7. The number of ether oxygens (including phenoxy) is 8. The second kappa shape index (κ2) is 20.6. The quantitative estimate of drug-likeness (QED) is 0.0377. The Kier molecular flexibility index (Phi) is 17.9. The van der Waals surface area contributed by atoms with Crippen LogP contribution in [-0.2, 0) is 76.3 Å². The summed E-state index contributed by atoms with van der Waals surface area (Å²) in [6.45, 7) is 11.4. The van der Waals surface area contributed by atoms with Crippen molar-refractivity contribution >= 4 is 111 Å². The lowest BCUT2D eigenvalue weighted by molar-refractivity contribution is -0.188. The molecule has 0 aromatic heterocycles. The molecule has 2 fully saturated rings. The van der Waals surface area contributed by atoms with Gasteiger partial charge in [0, 0.05) is 0 Å². The molecule has 0 saturated carbocycles. The molecule has 2 saturated heterocycles. The number of carbonyl (C=O) groups excluding carboxylic acids is 8. The van der Waals surface area contributed by atoms with Gasteiger partial charge in [-0.15, -0.1) is 0 Å². The van der Waals surface area contributed by atoms with E-state index >= 15 is 0 Å². The summed E-state index contributed by atoms with van der Waals surface area (Å²) < 4.78 is 40.0. The van der Waals surface area contributed by atoms with Crippen molar-refractivity contribution in [2.24, 2.45) is 28.1 Å². The maximum absolute atomic E-state index is 14.0. The summed E-state index contributed by atoms with van der Waals surface area (Å²) in [6.07, 6.45) is 0.936. The van der Waals surface area contributed by atoms with Crippen LogP contribution in [0.25, 0.3) is 0 Å². The molecule has 5 unspecified atom stereocenters. The molecule has 3 heterocycles. The predicted octanol–water partition coefficient (Wildman–Crippen LogP) is 4.23. The van der Waals surface area contributed by atoms with E-state index in [1.54, 1.807) is 26.0 Å². The van der Waals surface area contributed by atoms with Crippen LogP contribution in [0.2, 0.25) is 0 Å². The van der Waals surface area contributed by atoms with E-state index in [0.717, 1.165) is 4.90 Å². The second-order valence-corrected chi connectivity index (χ2v) is 26.7. The molecule has 2 bridgehead atoms. The normalized spacial score (nSPS) is 22.4. The number of imide groups is 1. The third kappa shape index (κ3) is 14.0. The Hall–Kier alpha value is -2.50. The summed E-state index contributed by atoms with van der Waals surface area (Å²) in [5.41, 5.74) is -5.65. The van der Waals surface area contributed by atoms with Crippen molar-refractivity contribution in [2.45, 2.75) is 112 Å². The number of halogens is 4. The molecule has 1 N–H and O–H groups in total. The molecule has 356 valence electrons. The topological polar surface area (TPSA) is 234 Å². The van der Waals surface area contributed by atoms with Gasteiger partial charge in [0.1, 0.15) is 68.9 Å². The van der Waals surface area contributed by atoms with Gasteiger partial charge in [-0.25, -0.2) is 0 Å².